The van der Waals surface area contributed by atoms with Crippen LogP contribution in [0.3, 0.4) is 0 Å². The Morgan fingerprint density at radius 2 is 2.07 bits per heavy atom. The van der Waals surface area contributed by atoms with Crippen molar-refractivity contribution < 1.29 is 5.11 Å². The summed E-state index contributed by atoms with van der Waals surface area (Å²) in [4.78, 5) is 6.43. The molecule has 0 spiro atoms. The summed E-state index contributed by atoms with van der Waals surface area (Å²) in [6.07, 6.45) is 5.15. The molecular weight excluding hydrogens is 360 g/mol. The van der Waals surface area contributed by atoms with Crippen LogP contribution in [0.1, 0.15) is 24.0 Å². The van der Waals surface area contributed by atoms with Gasteiger partial charge < -0.3 is 5.11 Å². The molecule has 138 valence electrons. The molecule has 2 aromatic carbocycles. The van der Waals surface area contributed by atoms with Crippen LogP contribution >= 0.6 is 11.6 Å². The number of hydrazone groups is 1. The predicted octanol–water partition coefficient (Wildman–Crippen LogP) is 4.25. The molecule has 0 saturated carbocycles. The topological polar surface area (TPSA) is 60.8 Å². The highest BCUT2D eigenvalue weighted by atomic mass is 35.5. The van der Waals surface area contributed by atoms with E-state index in [0.717, 1.165) is 48.1 Å². The normalized spacial score (nSPS) is 17.8. The zero-order valence-corrected chi connectivity index (χ0v) is 15.6. The SMILES string of the molecule is OC1CCCN1Cc1ccc(/C=N/Nc2ccnc3cc(Cl)ccc23)cc1. The number of nitrogens with one attached hydrogen (secondary N) is 1. The number of fused-ring (bicyclic) bond motifs is 1. The number of aromatic nitrogens is 1. The van der Waals surface area contributed by atoms with Crippen molar-refractivity contribution in [2.45, 2.75) is 25.6 Å². The van der Waals surface area contributed by atoms with Gasteiger partial charge in [0, 0.05) is 29.7 Å². The molecule has 0 radical (unpaired) electrons. The molecule has 3 aromatic rings. The van der Waals surface area contributed by atoms with E-state index in [2.05, 4.69) is 32.5 Å². The van der Waals surface area contributed by atoms with Gasteiger partial charge >= 0.3 is 0 Å². The van der Waals surface area contributed by atoms with Crippen molar-refractivity contribution >= 4 is 34.4 Å². The van der Waals surface area contributed by atoms with Gasteiger partial charge in [0.2, 0.25) is 0 Å². The van der Waals surface area contributed by atoms with Crippen LogP contribution in [0.25, 0.3) is 10.9 Å². The summed E-state index contributed by atoms with van der Waals surface area (Å²) in [5.74, 6) is 0. The van der Waals surface area contributed by atoms with Gasteiger partial charge in [0.05, 0.1) is 17.4 Å². The van der Waals surface area contributed by atoms with Crippen LogP contribution in [0, 0.1) is 0 Å². The molecule has 0 amide bonds. The first-order chi connectivity index (χ1) is 13.2. The second-order valence-corrected chi connectivity index (χ2v) is 7.16. The van der Waals surface area contributed by atoms with Gasteiger partial charge in [0.25, 0.3) is 0 Å². The number of halogens is 1. The number of rotatable bonds is 5. The fraction of sp³-hybridized carbons (Fsp3) is 0.238. The summed E-state index contributed by atoms with van der Waals surface area (Å²) in [5.41, 5.74) is 6.99. The molecule has 1 aliphatic rings. The van der Waals surface area contributed by atoms with Gasteiger partial charge in [-0.1, -0.05) is 35.9 Å². The summed E-state index contributed by atoms with van der Waals surface area (Å²) >= 11 is 6.02. The van der Waals surface area contributed by atoms with Crippen LogP contribution in [0.15, 0.2) is 59.8 Å². The van der Waals surface area contributed by atoms with Crippen molar-refractivity contribution in [3.05, 3.63) is 70.9 Å². The molecule has 2 N–H and O–H groups in total. The van der Waals surface area contributed by atoms with Crippen molar-refractivity contribution in [1.82, 2.24) is 9.88 Å². The van der Waals surface area contributed by atoms with E-state index in [1.165, 1.54) is 5.56 Å². The van der Waals surface area contributed by atoms with Gasteiger partial charge in [-0.15, -0.1) is 0 Å². The van der Waals surface area contributed by atoms with Crippen LogP contribution < -0.4 is 5.43 Å². The minimum Gasteiger partial charge on any atom is -0.378 e. The third kappa shape index (κ3) is 4.27. The highest BCUT2D eigenvalue weighted by Crippen LogP contribution is 2.24. The zero-order valence-electron chi connectivity index (χ0n) is 14.8. The minimum absolute atomic E-state index is 0.305. The first-order valence-corrected chi connectivity index (χ1v) is 9.41. The van der Waals surface area contributed by atoms with Crippen LogP contribution in [0.4, 0.5) is 5.69 Å². The van der Waals surface area contributed by atoms with Crippen LogP contribution in [0.5, 0.6) is 0 Å². The van der Waals surface area contributed by atoms with Gasteiger partial charge in [-0.05, 0) is 48.2 Å². The average Bonchev–Trinajstić information content (AvgIpc) is 3.07. The van der Waals surface area contributed by atoms with Gasteiger partial charge in [0.15, 0.2) is 0 Å². The predicted molar refractivity (Wildman–Crippen MR) is 110 cm³/mol. The molecular formula is C21H21ClN4O. The Labute approximate surface area is 163 Å². The molecule has 1 aliphatic heterocycles. The van der Waals surface area contributed by atoms with Crippen molar-refractivity contribution in [3.63, 3.8) is 0 Å². The maximum atomic E-state index is 9.90. The molecule has 1 fully saturated rings. The summed E-state index contributed by atoms with van der Waals surface area (Å²) in [5, 5.41) is 15.9. The molecule has 0 bridgehead atoms. The van der Waals surface area contributed by atoms with Crippen LogP contribution in [-0.4, -0.2) is 34.0 Å². The molecule has 1 saturated heterocycles. The first kappa shape index (κ1) is 17.9. The maximum absolute atomic E-state index is 9.90. The molecule has 1 aromatic heterocycles. The lowest BCUT2D eigenvalue weighted by Gasteiger charge is -2.19. The third-order valence-electron chi connectivity index (χ3n) is 4.80. The lowest BCUT2D eigenvalue weighted by molar-refractivity contribution is 0.0328. The molecule has 27 heavy (non-hydrogen) atoms. The standard InChI is InChI=1S/C21H21ClN4O/c22-17-7-8-18-19(9-10-23-20(18)12-17)25-24-13-15-3-5-16(6-4-15)14-26-11-1-2-21(26)27/h3-10,12-13,21,27H,1-2,11,14H2,(H,23,25)/b24-13+. The summed E-state index contributed by atoms with van der Waals surface area (Å²) in [6.45, 7) is 1.74. The van der Waals surface area contributed by atoms with E-state index in [4.69, 9.17) is 11.6 Å². The Balaban J connectivity index is 1.41. The molecule has 6 heteroatoms. The highest BCUT2D eigenvalue weighted by Gasteiger charge is 2.21. The Morgan fingerprint density at radius 3 is 2.85 bits per heavy atom. The molecule has 1 unspecified atom stereocenters. The lowest BCUT2D eigenvalue weighted by atomic mass is 10.1. The molecule has 5 nitrogen and oxygen atoms in total. The van der Waals surface area contributed by atoms with Gasteiger partial charge in [-0.25, -0.2) is 0 Å². The zero-order chi connectivity index (χ0) is 18.6. The molecule has 2 heterocycles. The number of hydrogen-bond acceptors (Lipinski definition) is 5. The number of pyridine rings is 1. The van der Waals surface area contributed by atoms with E-state index in [0.29, 0.717) is 5.02 Å². The second-order valence-electron chi connectivity index (χ2n) is 6.72. The minimum atomic E-state index is -0.305. The van der Waals surface area contributed by atoms with E-state index in [-0.39, 0.29) is 6.23 Å². The summed E-state index contributed by atoms with van der Waals surface area (Å²) < 4.78 is 0. The number of aliphatic hydroxyl groups is 1. The lowest BCUT2D eigenvalue weighted by Crippen LogP contribution is -2.28. The summed E-state index contributed by atoms with van der Waals surface area (Å²) in [7, 11) is 0. The van der Waals surface area contributed by atoms with Crippen molar-refractivity contribution in [3.8, 4) is 0 Å². The number of hydrogen-bond donors (Lipinski definition) is 2. The largest absolute Gasteiger partial charge is 0.378 e. The van der Waals surface area contributed by atoms with Crippen LogP contribution in [0.2, 0.25) is 5.02 Å². The molecule has 0 aliphatic carbocycles. The van der Waals surface area contributed by atoms with Crippen molar-refractivity contribution in [2.75, 3.05) is 12.0 Å². The Morgan fingerprint density at radius 1 is 1.22 bits per heavy atom. The number of likely N-dealkylation sites (tertiary alicyclic amines) is 1. The van der Waals surface area contributed by atoms with E-state index >= 15 is 0 Å². The number of anilines is 1. The van der Waals surface area contributed by atoms with Crippen molar-refractivity contribution in [2.24, 2.45) is 5.10 Å². The van der Waals surface area contributed by atoms with Gasteiger partial charge in [0.1, 0.15) is 6.23 Å². The van der Waals surface area contributed by atoms with Gasteiger partial charge in [-0.2, -0.15) is 5.10 Å². The van der Waals surface area contributed by atoms with Crippen LogP contribution in [-0.2, 0) is 6.54 Å². The van der Waals surface area contributed by atoms with Gasteiger partial charge in [-0.3, -0.25) is 15.3 Å². The average molecular weight is 381 g/mol. The quantitative estimate of drug-likeness (QED) is 0.513. The number of aliphatic hydroxyl groups excluding tert-OH is 1. The molecule has 1 atom stereocenters. The first-order valence-electron chi connectivity index (χ1n) is 9.03. The van der Waals surface area contributed by atoms with E-state index in [9.17, 15) is 5.11 Å². The fourth-order valence-corrected chi connectivity index (χ4v) is 3.50. The van der Waals surface area contributed by atoms with Crippen molar-refractivity contribution in [1.29, 1.82) is 0 Å². The van der Waals surface area contributed by atoms with E-state index in [1.54, 1.807) is 12.4 Å². The highest BCUT2D eigenvalue weighted by molar-refractivity contribution is 6.31. The van der Waals surface area contributed by atoms with E-state index < -0.39 is 0 Å². The Bertz CT molecular complexity index is 958. The number of nitrogens with zero attached hydrogens (tertiary/aromatic N) is 3. The third-order valence-corrected chi connectivity index (χ3v) is 5.03. The molecule has 4 rings (SSSR count). The maximum Gasteiger partial charge on any atom is 0.107 e. The fourth-order valence-electron chi connectivity index (χ4n) is 3.33. The Kier molecular flexibility index (Phi) is 5.34. The Hall–Kier alpha value is -2.47. The summed E-state index contributed by atoms with van der Waals surface area (Å²) in [6, 6.07) is 15.7. The second kappa shape index (κ2) is 8.05. The number of benzene rings is 2. The van der Waals surface area contributed by atoms with E-state index in [1.807, 2.05) is 36.4 Å². The monoisotopic (exact) mass is 380 g/mol. The smallest absolute Gasteiger partial charge is 0.107 e.